The van der Waals surface area contributed by atoms with E-state index in [2.05, 4.69) is 9.97 Å². The summed E-state index contributed by atoms with van der Waals surface area (Å²) in [4.78, 5) is 20.1. The molecule has 2 aliphatic carbocycles. The maximum Gasteiger partial charge on any atom is 0.493 e. The lowest BCUT2D eigenvalue weighted by atomic mass is 9.71. The van der Waals surface area contributed by atoms with Gasteiger partial charge in [-0.1, -0.05) is 19.3 Å². The zero-order valence-electron chi connectivity index (χ0n) is 16.5. The molecule has 2 aromatic heterocycles. The predicted octanol–water partition coefficient (Wildman–Crippen LogP) is 3.60. The Morgan fingerprint density at radius 3 is 2.82 bits per heavy atom. The van der Waals surface area contributed by atoms with Crippen molar-refractivity contribution in [3.63, 3.8) is 0 Å². The van der Waals surface area contributed by atoms with E-state index in [1.54, 1.807) is 6.20 Å². The molecule has 28 heavy (non-hydrogen) atoms. The molecule has 1 spiro atoms. The maximum absolute atomic E-state index is 12.5. The Morgan fingerprint density at radius 2 is 2.04 bits per heavy atom. The predicted molar refractivity (Wildman–Crippen MR) is 109 cm³/mol. The van der Waals surface area contributed by atoms with E-state index in [0.717, 1.165) is 73.4 Å². The number of aromatic amines is 1. The highest BCUT2D eigenvalue weighted by Crippen LogP contribution is 2.47. The van der Waals surface area contributed by atoms with Crippen LogP contribution in [0.3, 0.4) is 0 Å². The fourth-order valence-corrected chi connectivity index (χ4v) is 5.83. The molecule has 0 atom stereocenters. The normalized spacial score (nSPS) is 28.2. The van der Waals surface area contributed by atoms with Crippen LogP contribution in [0.4, 0.5) is 0 Å². The molecule has 3 aliphatic rings. The molecule has 5 nitrogen and oxygen atoms in total. The lowest BCUT2D eigenvalue weighted by molar-refractivity contribution is -0.124. The summed E-state index contributed by atoms with van der Waals surface area (Å²) in [6.07, 6.45) is 15.3. The molecule has 2 saturated carbocycles. The number of nitrogens with zero attached hydrogens (tertiary/aromatic N) is 1. The Morgan fingerprint density at radius 1 is 1.25 bits per heavy atom. The lowest BCUT2D eigenvalue weighted by Crippen LogP contribution is -2.34. The van der Waals surface area contributed by atoms with Crippen LogP contribution in [0.5, 0.6) is 0 Å². The van der Waals surface area contributed by atoms with Crippen LogP contribution in [0.25, 0.3) is 11.0 Å². The standard InChI is InChI=1S/C22H29BN2O3/c26-19(16-4-2-1-3-5-16)7-6-15-8-11-22(12-9-15)20-17-10-13-24-21(17)25-14-18(20)23(27)28-22/h10,13-16,27H,1-9,11-12H2,(H,24,25). The van der Waals surface area contributed by atoms with Crippen molar-refractivity contribution >= 4 is 29.4 Å². The van der Waals surface area contributed by atoms with E-state index in [1.165, 1.54) is 19.3 Å². The highest BCUT2D eigenvalue weighted by molar-refractivity contribution is 6.62. The molecule has 2 aromatic rings. The van der Waals surface area contributed by atoms with Crippen LogP contribution < -0.4 is 5.46 Å². The van der Waals surface area contributed by atoms with Gasteiger partial charge in [-0.15, -0.1) is 0 Å². The van der Waals surface area contributed by atoms with Gasteiger partial charge in [-0.05, 0) is 62.5 Å². The quantitative estimate of drug-likeness (QED) is 0.795. The van der Waals surface area contributed by atoms with Crippen molar-refractivity contribution in [1.29, 1.82) is 0 Å². The van der Waals surface area contributed by atoms with Gasteiger partial charge in [0.1, 0.15) is 11.4 Å². The summed E-state index contributed by atoms with van der Waals surface area (Å²) in [5, 5.41) is 11.5. The van der Waals surface area contributed by atoms with E-state index in [1.807, 2.05) is 12.3 Å². The Kier molecular flexibility index (Phi) is 4.80. The van der Waals surface area contributed by atoms with Crippen molar-refractivity contribution in [2.24, 2.45) is 11.8 Å². The summed E-state index contributed by atoms with van der Waals surface area (Å²) < 4.78 is 6.14. The molecular weight excluding hydrogens is 351 g/mol. The van der Waals surface area contributed by atoms with Crippen LogP contribution in [0.15, 0.2) is 18.5 Å². The van der Waals surface area contributed by atoms with Crippen LogP contribution >= 0.6 is 0 Å². The first kappa shape index (κ1) is 18.4. The van der Waals surface area contributed by atoms with Gasteiger partial charge in [0.2, 0.25) is 0 Å². The van der Waals surface area contributed by atoms with Crippen LogP contribution in [0.1, 0.15) is 76.2 Å². The molecule has 0 aromatic carbocycles. The molecular formula is C22H29BN2O3. The molecule has 0 bridgehead atoms. The average Bonchev–Trinajstić information content (AvgIpc) is 3.31. The van der Waals surface area contributed by atoms with Crippen molar-refractivity contribution < 1.29 is 14.5 Å². The number of hydrogen-bond acceptors (Lipinski definition) is 4. The van der Waals surface area contributed by atoms with Gasteiger partial charge in [0, 0.05) is 35.6 Å². The Balaban J connectivity index is 1.25. The highest BCUT2D eigenvalue weighted by atomic mass is 16.5. The van der Waals surface area contributed by atoms with Crippen molar-refractivity contribution in [2.75, 3.05) is 0 Å². The SMILES string of the molecule is O=C(CCC1CCC2(CC1)OB(O)c1cnc3[nH]ccc3c12)C1CCCCC1. The third kappa shape index (κ3) is 3.11. The van der Waals surface area contributed by atoms with Crippen molar-refractivity contribution in [3.05, 3.63) is 24.0 Å². The summed E-state index contributed by atoms with van der Waals surface area (Å²) in [7, 11) is -0.883. The van der Waals surface area contributed by atoms with E-state index < -0.39 is 12.7 Å². The van der Waals surface area contributed by atoms with Gasteiger partial charge in [-0.2, -0.15) is 0 Å². The summed E-state index contributed by atoms with van der Waals surface area (Å²) in [5.74, 6) is 1.42. The molecule has 1 aliphatic heterocycles. The van der Waals surface area contributed by atoms with Crippen molar-refractivity contribution in [3.8, 4) is 0 Å². The van der Waals surface area contributed by atoms with Crippen molar-refractivity contribution in [1.82, 2.24) is 9.97 Å². The molecule has 0 radical (unpaired) electrons. The van der Waals surface area contributed by atoms with Gasteiger partial charge < -0.3 is 14.7 Å². The largest absolute Gasteiger partial charge is 0.493 e. The number of nitrogens with one attached hydrogen (secondary N) is 1. The number of hydrogen-bond donors (Lipinski definition) is 2. The number of carbonyl (C=O) groups excluding carboxylic acids is 1. The fourth-order valence-electron chi connectivity index (χ4n) is 5.83. The molecule has 148 valence electrons. The summed E-state index contributed by atoms with van der Waals surface area (Å²) in [5.41, 5.74) is 2.40. The molecule has 2 N–H and O–H groups in total. The second-order valence-corrected chi connectivity index (χ2v) is 9.08. The first-order chi connectivity index (χ1) is 13.7. The topological polar surface area (TPSA) is 75.2 Å². The van der Waals surface area contributed by atoms with Gasteiger partial charge >= 0.3 is 7.12 Å². The van der Waals surface area contributed by atoms with Crippen molar-refractivity contribution in [2.45, 2.75) is 76.2 Å². The van der Waals surface area contributed by atoms with Crippen LogP contribution in [-0.4, -0.2) is 27.9 Å². The molecule has 0 unspecified atom stereocenters. The lowest BCUT2D eigenvalue weighted by Gasteiger charge is -2.38. The summed E-state index contributed by atoms with van der Waals surface area (Å²) >= 11 is 0. The van der Waals surface area contributed by atoms with E-state index in [9.17, 15) is 9.82 Å². The third-order valence-electron chi connectivity index (χ3n) is 7.45. The number of fused-ring (bicyclic) bond motifs is 4. The number of aromatic nitrogens is 2. The maximum atomic E-state index is 12.5. The van der Waals surface area contributed by atoms with Crippen LogP contribution in [-0.2, 0) is 15.0 Å². The second-order valence-electron chi connectivity index (χ2n) is 9.08. The number of H-pyrrole nitrogens is 1. The Bertz CT molecular complexity index is 866. The number of carbonyl (C=O) groups is 1. The molecule has 2 fully saturated rings. The zero-order chi connectivity index (χ0) is 19.1. The van der Waals surface area contributed by atoms with E-state index in [4.69, 9.17) is 4.65 Å². The zero-order valence-corrected chi connectivity index (χ0v) is 16.5. The highest BCUT2D eigenvalue weighted by Gasteiger charge is 2.50. The second kappa shape index (κ2) is 7.31. The minimum absolute atomic E-state index is 0.332. The summed E-state index contributed by atoms with van der Waals surface area (Å²) in [6.45, 7) is 0. The van der Waals surface area contributed by atoms with Gasteiger partial charge in [0.25, 0.3) is 0 Å². The number of rotatable bonds is 4. The number of ketones is 1. The first-order valence-corrected chi connectivity index (χ1v) is 11.0. The van der Waals surface area contributed by atoms with Crippen LogP contribution in [0.2, 0.25) is 0 Å². The number of pyridine rings is 1. The average molecular weight is 380 g/mol. The van der Waals surface area contributed by atoms with Gasteiger partial charge in [-0.25, -0.2) is 4.98 Å². The smallest absolute Gasteiger partial charge is 0.423 e. The van der Waals surface area contributed by atoms with E-state index >= 15 is 0 Å². The monoisotopic (exact) mass is 380 g/mol. The summed E-state index contributed by atoms with van der Waals surface area (Å²) in [6, 6.07) is 2.04. The van der Waals surface area contributed by atoms with Gasteiger partial charge in [-0.3, -0.25) is 4.79 Å². The molecule has 5 rings (SSSR count). The van der Waals surface area contributed by atoms with Crippen LogP contribution in [0, 0.1) is 11.8 Å². The number of Topliss-reactive ketones (excluding diaryl/α,β-unsaturated/α-hetero) is 1. The molecule has 3 heterocycles. The molecule has 0 amide bonds. The van der Waals surface area contributed by atoms with E-state index in [-0.39, 0.29) is 0 Å². The molecule has 0 saturated heterocycles. The minimum Gasteiger partial charge on any atom is -0.423 e. The molecule has 6 heteroatoms. The van der Waals surface area contributed by atoms with Gasteiger partial charge in [0.05, 0.1) is 5.60 Å². The Labute approximate surface area is 166 Å². The Hall–Kier alpha value is -1.66. The fraction of sp³-hybridized carbons (Fsp3) is 0.636. The minimum atomic E-state index is -0.883. The third-order valence-corrected chi connectivity index (χ3v) is 7.45. The van der Waals surface area contributed by atoms with E-state index in [0.29, 0.717) is 17.6 Å². The first-order valence-electron chi connectivity index (χ1n) is 11.0. The van der Waals surface area contributed by atoms with Gasteiger partial charge in [0.15, 0.2) is 0 Å².